The topological polar surface area (TPSA) is 40.5 Å². The van der Waals surface area contributed by atoms with Crippen molar-refractivity contribution in [3.63, 3.8) is 0 Å². The van der Waals surface area contributed by atoms with E-state index in [0.29, 0.717) is 11.5 Å². The van der Waals surface area contributed by atoms with E-state index in [4.69, 9.17) is 10.2 Å². The van der Waals surface area contributed by atoms with Crippen molar-refractivity contribution >= 4 is 0 Å². The second-order valence-corrected chi connectivity index (χ2v) is 6.49. The molecule has 0 heterocycles. The molecule has 2 nitrogen and oxygen atoms in total. The molecule has 2 heteroatoms. The Morgan fingerprint density at radius 3 is 2.04 bits per heavy atom. The van der Waals surface area contributed by atoms with Gasteiger partial charge >= 0.3 is 0 Å². The first-order valence-electron chi connectivity index (χ1n) is 8.66. The molecule has 1 aromatic carbocycles. The first-order chi connectivity index (χ1) is 11.2. The number of aryl methyl sites for hydroxylation is 1. The molecule has 1 aromatic rings. The van der Waals surface area contributed by atoms with Crippen LogP contribution in [0.5, 0.6) is 5.75 Å². The number of aliphatic hydroxyl groups excluding tert-OH is 1. The van der Waals surface area contributed by atoms with Gasteiger partial charge in [-0.2, -0.15) is 0 Å². The Balaban J connectivity index is 0. The van der Waals surface area contributed by atoms with Crippen LogP contribution in [0.1, 0.15) is 53.0 Å². The molecule has 0 amide bonds. The number of phenols is 1. The number of aromatic hydroxyl groups is 1. The fraction of sp³-hybridized carbons (Fsp3) is 0.455. The van der Waals surface area contributed by atoms with Crippen LogP contribution in [0.15, 0.2) is 60.9 Å². The van der Waals surface area contributed by atoms with E-state index in [-0.39, 0.29) is 0 Å². The molecule has 24 heavy (non-hydrogen) atoms. The van der Waals surface area contributed by atoms with Crippen LogP contribution in [0.3, 0.4) is 0 Å². The zero-order chi connectivity index (χ0) is 19.0. The Morgan fingerprint density at radius 2 is 1.75 bits per heavy atom. The molecule has 0 radical (unpaired) electrons. The van der Waals surface area contributed by atoms with Crippen molar-refractivity contribution in [1.82, 2.24) is 0 Å². The Labute approximate surface area is 149 Å². The summed E-state index contributed by atoms with van der Waals surface area (Å²) in [7, 11) is 0. The normalized spacial score (nSPS) is 10.9. The summed E-state index contributed by atoms with van der Waals surface area (Å²) >= 11 is 0. The lowest BCUT2D eigenvalue weighted by Crippen LogP contribution is -1.93. The molecule has 136 valence electrons. The minimum Gasteiger partial charge on any atom is -0.508 e. The van der Waals surface area contributed by atoms with Crippen LogP contribution < -0.4 is 0 Å². The third-order valence-corrected chi connectivity index (χ3v) is 2.76. The molecule has 0 bridgehead atoms. The van der Waals surface area contributed by atoms with Crippen LogP contribution in [0.25, 0.3) is 0 Å². The largest absolute Gasteiger partial charge is 0.508 e. The second-order valence-electron chi connectivity index (χ2n) is 6.49. The standard InChI is InChI=1S/C8H12O.C7H8O.C7H16/c1-3-5-7-8(9)6-4-2;1-6-3-2-4-7(8)5-6;1-6(2)5-7(3)4/h3,5-7,9H,1,4H2,2H3;2-5,8H,1H3;6-7H,5H2,1-4H3/b7-5-,8-6+;;. The van der Waals surface area contributed by atoms with E-state index in [0.717, 1.165) is 23.8 Å². The molecule has 0 saturated carbocycles. The number of benzene rings is 1. The van der Waals surface area contributed by atoms with Gasteiger partial charge in [0.1, 0.15) is 11.5 Å². The molecule has 0 aliphatic carbocycles. The fourth-order valence-electron chi connectivity index (χ4n) is 2.01. The van der Waals surface area contributed by atoms with Crippen molar-refractivity contribution in [3.05, 3.63) is 66.5 Å². The van der Waals surface area contributed by atoms with Crippen molar-refractivity contribution in [2.45, 2.75) is 54.4 Å². The Bertz CT molecular complexity index is 459. The predicted octanol–water partition coefficient (Wildman–Crippen LogP) is 6.97. The fourth-order valence-corrected chi connectivity index (χ4v) is 2.01. The van der Waals surface area contributed by atoms with Gasteiger partial charge in [0, 0.05) is 0 Å². The monoisotopic (exact) mass is 332 g/mol. The second kappa shape index (κ2) is 15.9. The van der Waals surface area contributed by atoms with Gasteiger partial charge in [-0.1, -0.05) is 65.5 Å². The van der Waals surface area contributed by atoms with Crippen molar-refractivity contribution in [2.24, 2.45) is 11.8 Å². The highest BCUT2D eigenvalue weighted by Gasteiger charge is 1.95. The zero-order valence-electron chi connectivity index (χ0n) is 16.3. The maximum Gasteiger partial charge on any atom is 0.115 e. The number of aliphatic hydroxyl groups is 1. The molecule has 0 aliphatic heterocycles. The van der Waals surface area contributed by atoms with Crippen LogP contribution in [0.2, 0.25) is 0 Å². The average Bonchev–Trinajstić information content (AvgIpc) is 2.45. The molecular formula is C22H36O2. The highest BCUT2D eigenvalue weighted by molar-refractivity contribution is 5.25. The summed E-state index contributed by atoms with van der Waals surface area (Å²) in [6, 6.07) is 7.15. The van der Waals surface area contributed by atoms with Gasteiger partial charge in [0.05, 0.1) is 0 Å². The molecule has 0 aromatic heterocycles. The summed E-state index contributed by atoms with van der Waals surface area (Å²) < 4.78 is 0. The van der Waals surface area contributed by atoms with Gasteiger partial charge < -0.3 is 10.2 Å². The van der Waals surface area contributed by atoms with E-state index in [2.05, 4.69) is 34.3 Å². The molecule has 2 N–H and O–H groups in total. The summed E-state index contributed by atoms with van der Waals surface area (Å²) in [5.41, 5.74) is 1.09. The molecule has 0 unspecified atom stereocenters. The number of allylic oxidation sites excluding steroid dienone is 4. The summed E-state index contributed by atoms with van der Waals surface area (Å²) in [6.45, 7) is 16.4. The lowest BCUT2D eigenvalue weighted by molar-refractivity contribution is 0.430. The van der Waals surface area contributed by atoms with E-state index in [9.17, 15) is 0 Å². The third-order valence-electron chi connectivity index (χ3n) is 2.76. The SMILES string of the molecule is C=C/C=C\C(O)=C/CC.CC(C)CC(C)C.Cc1cccc(O)c1. The Morgan fingerprint density at radius 1 is 1.17 bits per heavy atom. The van der Waals surface area contributed by atoms with Crippen LogP contribution in [-0.2, 0) is 0 Å². The molecule has 0 saturated heterocycles. The first-order valence-corrected chi connectivity index (χ1v) is 8.66. The molecule has 0 fully saturated rings. The van der Waals surface area contributed by atoms with Gasteiger partial charge in [-0.15, -0.1) is 0 Å². The summed E-state index contributed by atoms with van der Waals surface area (Å²) in [5.74, 6) is 2.39. The molecule has 0 atom stereocenters. The molecule has 1 rings (SSSR count). The quantitative estimate of drug-likeness (QED) is 0.451. The van der Waals surface area contributed by atoms with Crippen LogP contribution >= 0.6 is 0 Å². The van der Waals surface area contributed by atoms with E-state index in [1.54, 1.807) is 36.4 Å². The van der Waals surface area contributed by atoms with E-state index in [1.807, 2.05) is 26.0 Å². The van der Waals surface area contributed by atoms with Crippen molar-refractivity contribution in [2.75, 3.05) is 0 Å². The van der Waals surface area contributed by atoms with Crippen molar-refractivity contribution in [3.8, 4) is 5.75 Å². The highest BCUT2D eigenvalue weighted by atomic mass is 16.3. The summed E-state index contributed by atoms with van der Waals surface area (Å²) in [5, 5.41) is 17.7. The lowest BCUT2D eigenvalue weighted by Gasteiger charge is -2.05. The number of rotatable bonds is 5. The minimum atomic E-state index is 0.303. The number of hydrogen-bond donors (Lipinski definition) is 2. The third kappa shape index (κ3) is 20.0. The molecule has 0 aliphatic rings. The molecule has 0 spiro atoms. The first kappa shape index (κ1) is 24.3. The zero-order valence-corrected chi connectivity index (χ0v) is 16.3. The Kier molecular flexibility index (Phi) is 16.1. The van der Waals surface area contributed by atoms with E-state index in [1.165, 1.54) is 6.42 Å². The lowest BCUT2D eigenvalue weighted by atomic mass is 10.0. The van der Waals surface area contributed by atoms with Crippen molar-refractivity contribution in [1.29, 1.82) is 0 Å². The van der Waals surface area contributed by atoms with Gasteiger partial charge in [0.25, 0.3) is 0 Å². The summed E-state index contributed by atoms with van der Waals surface area (Å²) in [6.07, 6.45) is 8.88. The van der Waals surface area contributed by atoms with Crippen LogP contribution in [0.4, 0.5) is 0 Å². The highest BCUT2D eigenvalue weighted by Crippen LogP contribution is 2.08. The maximum atomic E-state index is 8.91. The molecular weight excluding hydrogens is 296 g/mol. The van der Waals surface area contributed by atoms with Crippen LogP contribution in [-0.4, -0.2) is 10.2 Å². The van der Waals surface area contributed by atoms with E-state index < -0.39 is 0 Å². The van der Waals surface area contributed by atoms with Gasteiger partial charge in [-0.05, 0) is 61.4 Å². The van der Waals surface area contributed by atoms with Crippen molar-refractivity contribution < 1.29 is 10.2 Å². The minimum absolute atomic E-state index is 0.303. The maximum absolute atomic E-state index is 8.91. The Hall–Kier alpha value is -1.96. The van der Waals surface area contributed by atoms with Crippen LogP contribution in [0, 0.1) is 18.8 Å². The summed E-state index contributed by atoms with van der Waals surface area (Å²) in [4.78, 5) is 0. The average molecular weight is 333 g/mol. The number of phenolic OH excluding ortho intramolecular Hbond substituents is 1. The van der Waals surface area contributed by atoms with E-state index >= 15 is 0 Å². The predicted molar refractivity (Wildman–Crippen MR) is 107 cm³/mol. The van der Waals surface area contributed by atoms with Gasteiger partial charge in [0.2, 0.25) is 0 Å². The van der Waals surface area contributed by atoms with Gasteiger partial charge in [-0.3, -0.25) is 0 Å². The van der Waals surface area contributed by atoms with Gasteiger partial charge in [0.15, 0.2) is 0 Å². The van der Waals surface area contributed by atoms with Gasteiger partial charge in [-0.25, -0.2) is 0 Å². The smallest absolute Gasteiger partial charge is 0.115 e. The number of hydrogen-bond acceptors (Lipinski definition) is 2.